The minimum absolute atomic E-state index is 0.0215. The van der Waals surface area contributed by atoms with Gasteiger partial charge in [-0.25, -0.2) is 4.99 Å². The van der Waals surface area contributed by atoms with Crippen molar-refractivity contribution in [3.05, 3.63) is 59.7 Å². The van der Waals surface area contributed by atoms with E-state index in [1.807, 2.05) is 31.2 Å². The molecule has 1 fully saturated rings. The lowest BCUT2D eigenvalue weighted by Gasteiger charge is -2.08. The van der Waals surface area contributed by atoms with E-state index in [-0.39, 0.29) is 24.0 Å². The predicted octanol–water partition coefficient (Wildman–Crippen LogP) is 3.45. The molecule has 2 amide bonds. The molecule has 6 nitrogen and oxygen atoms in total. The summed E-state index contributed by atoms with van der Waals surface area (Å²) in [4.78, 5) is 40.2. The molecule has 1 heterocycles. The Bertz CT molecular complexity index is 922. The summed E-state index contributed by atoms with van der Waals surface area (Å²) in [5, 5.41) is 5.39. The van der Waals surface area contributed by atoms with Gasteiger partial charge in [-0.3, -0.25) is 14.4 Å². The van der Waals surface area contributed by atoms with E-state index in [1.54, 1.807) is 24.3 Å². The van der Waals surface area contributed by atoms with Crippen LogP contribution >= 0.6 is 11.8 Å². The first-order chi connectivity index (χ1) is 12.9. The molecule has 1 aliphatic heterocycles. The molecule has 27 heavy (non-hydrogen) atoms. The van der Waals surface area contributed by atoms with E-state index in [1.165, 1.54) is 18.7 Å². The van der Waals surface area contributed by atoms with Crippen molar-refractivity contribution >= 4 is 45.9 Å². The van der Waals surface area contributed by atoms with Crippen LogP contribution < -0.4 is 10.6 Å². The maximum atomic E-state index is 12.3. The number of aryl methyl sites for hydroxylation is 1. The van der Waals surface area contributed by atoms with Crippen molar-refractivity contribution in [2.75, 3.05) is 5.32 Å². The Balaban J connectivity index is 1.61. The van der Waals surface area contributed by atoms with Gasteiger partial charge < -0.3 is 10.6 Å². The summed E-state index contributed by atoms with van der Waals surface area (Å²) in [6.07, 6.45) is 0.0215. The second-order valence-corrected chi connectivity index (χ2v) is 7.43. The molecule has 138 valence electrons. The van der Waals surface area contributed by atoms with Crippen molar-refractivity contribution in [3.63, 3.8) is 0 Å². The molecule has 2 N–H and O–H groups in total. The van der Waals surface area contributed by atoms with Crippen LogP contribution in [0.1, 0.15) is 29.3 Å². The zero-order chi connectivity index (χ0) is 19.4. The fourth-order valence-corrected chi connectivity index (χ4v) is 3.51. The number of nitrogens with one attached hydrogen (secondary N) is 2. The Morgan fingerprint density at radius 1 is 1.19 bits per heavy atom. The van der Waals surface area contributed by atoms with Gasteiger partial charge in [-0.05, 0) is 38.1 Å². The Kier molecular flexibility index (Phi) is 5.71. The highest BCUT2D eigenvalue weighted by Crippen LogP contribution is 2.25. The highest BCUT2D eigenvalue weighted by molar-refractivity contribution is 8.15. The standard InChI is InChI=1S/C20H19N3O3S/c1-12-6-8-15(9-7-12)22-20-23-19(26)17(27-20)11-18(25)21-16-5-3-4-14(10-16)13(2)24/h3-10,17H,11H2,1-2H3,(H,21,25)(H,22,23,26)/t17-/m0/s1. The third-order valence-electron chi connectivity index (χ3n) is 3.96. The molecule has 3 rings (SSSR count). The number of anilines is 1. The number of aliphatic imine (C=N–C) groups is 1. The van der Waals surface area contributed by atoms with Crippen molar-refractivity contribution in [1.82, 2.24) is 5.32 Å². The number of rotatable bonds is 5. The zero-order valence-electron chi connectivity index (χ0n) is 15.0. The molecule has 0 bridgehead atoms. The number of ketones is 1. The first-order valence-corrected chi connectivity index (χ1v) is 9.32. The number of carbonyl (C=O) groups excluding carboxylic acids is 3. The van der Waals surface area contributed by atoms with Gasteiger partial charge in [-0.1, -0.05) is 41.6 Å². The molecule has 0 unspecified atom stereocenters. The summed E-state index contributed by atoms with van der Waals surface area (Å²) in [6, 6.07) is 14.3. The number of Topliss-reactive ketones (excluding diaryl/α,β-unsaturated/α-hetero) is 1. The van der Waals surface area contributed by atoms with Gasteiger partial charge in [-0.15, -0.1) is 0 Å². The highest BCUT2D eigenvalue weighted by Gasteiger charge is 2.32. The molecule has 2 aromatic carbocycles. The molecule has 0 spiro atoms. The van der Waals surface area contributed by atoms with Crippen LogP contribution in [0.25, 0.3) is 0 Å². The van der Waals surface area contributed by atoms with Crippen LogP contribution in [0.2, 0.25) is 0 Å². The molecule has 1 saturated heterocycles. The topological polar surface area (TPSA) is 87.6 Å². The molecule has 0 aliphatic carbocycles. The van der Waals surface area contributed by atoms with Gasteiger partial charge in [0.1, 0.15) is 5.25 Å². The molecule has 1 aliphatic rings. The molecule has 0 aromatic heterocycles. The van der Waals surface area contributed by atoms with Crippen LogP contribution in [0.4, 0.5) is 11.4 Å². The number of amidine groups is 1. The maximum absolute atomic E-state index is 12.3. The summed E-state index contributed by atoms with van der Waals surface area (Å²) < 4.78 is 0. The van der Waals surface area contributed by atoms with Crippen LogP contribution in [-0.4, -0.2) is 28.0 Å². The molecule has 2 aromatic rings. The van der Waals surface area contributed by atoms with E-state index < -0.39 is 5.25 Å². The van der Waals surface area contributed by atoms with E-state index in [0.29, 0.717) is 16.4 Å². The van der Waals surface area contributed by atoms with E-state index in [4.69, 9.17) is 0 Å². The van der Waals surface area contributed by atoms with Crippen molar-refractivity contribution in [1.29, 1.82) is 0 Å². The van der Waals surface area contributed by atoms with Crippen LogP contribution in [0.15, 0.2) is 53.5 Å². The minimum atomic E-state index is -0.537. The van der Waals surface area contributed by atoms with Gasteiger partial charge in [0.05, 0.1) is 5.69 Å². The Labute approximate surface area is 161 Å². The number of thioether (sulfide) groups is 1. The fraction of sp³-hybridized carbons (Fsp3) is 0.200. The molecular weight excluding hydrogens is 362 g/mol. The molecule has 0 radical (unpaired) electrons. The monoisotopic (exact) mass is 381 g/mol. The van der Waals surface area contributed by atoms with Gasteiger partial charge >= 0.3 is 0 Å². The average molecular weight is 381 g/mol. The number of amides is 2. The summed E-state index contributed by atoms with van der Waals surface area (Å²) in [5.41, 5.74) is 2.93. The number of carbonyl (C=O) groups is 3. The van der Waals surface area contributed by atoms with Crippen molar-refractivity contribution in [3.8, 4) is 0 Å². The van der Waals surface area contributed by atoms with Crippen molar-refractivity contribution < 1.29 is 14.4 Å². The quantitative estimate of drug-likeness (QED) is 0.777. The normalized spacial score (nSPS) is 17.6. The Hall–Kier alpha value is -2.93. The fourth-order valence-electron chi connectivity index (χ4n) is 2.53. The van der Waals surface area contributed by atoms with Gasteiger partial charge in [0.2, 0.25) is 11.8 Å². The largest absolute Gasteiger partial charge is 0.326 e. The number of benzene rings is 2. The van der Waals surface area contributed by atoms with E-state index in [9.17, 15) is 14.4 Å². The van der Waals surface area contributed by atoms with Crippen LogP contribution in [-0.2, 0) is 9.59 Å². The summed E-state index contributed by atoms with van der Waals surface area (Å²) in [7, 11) is 0. The molecule has 0 saturated carbocycles. The van der Waals surface area contributed by atoms with E-state index in [0.717, 1.165) is 11.3 Å². The van der Waals surface area contributed by atoms with E-state index in [2.05, 4.69) is 15.6 Å². The summed E-state index contributed by atoms with van der Waals surface area (Å²) in [6.45, 7) is 3.46. The summed E-state index contributed by atoms with van der Waals surface area (Å²) >= 11 is 1.24. The second kappa shape index (κ2) is 8.18. The lowest BCUT2D eigenvalue weighted by Crippen LogP contribution is -2.28. The molecular formula is C20H19N3O3S. The first kappa shape index (κ1) is 18.8. The first-order valence-electron chi connectivity index (χ1n) is 8.44. The second-order valence-electron chi connectivity index (χ2n) is 6.24. The van der Waals surface area contributed by atoms with Crippen molar-refractivity contribution in [2.24, 2.45) is 4.99 Å². The van der Waals surface area contributed by atoms with Gasteiger partial charge in [0, 0.05) is 17.7 Å². The smallest absolute Gasteiger partial charge is 0.240 e. The lowest BCUT2D eigenvalue weighted by molar-refractivity contribution is -0.122. The van der Waals surface area contributed by atoms with Crippen LogP contribution in [0.3, 0.4) is 0 Å². The SMILES string of the molecule is CC(=O)c1cccc(NC(=O)C[C@@H]2SC(=Nc3ccc(C)cc3)NC2=O)c1. The Morgan fingerprint density at radius 2 is 1.93 bits per heavy atom. The third kappa shape index (κ3) is 5.04. The average Bonchev–Trinajstić information content (AvgIpc) is 2.96. The molecule has 1 atom stereocenters. The number of hydrogen-bond acceptors (Lipinski definition) is 5. The predicted molar refractivity (Wildman–Crippen MR) is 107 cm³/mol. The third-order valence-corrected chi connectivity index (χ3v) is 5.05. The van der Waals surface area contributed by atoms with Crippen LogP contribution in [0, 0.1) is 6.92 Å². The van der Waals surface area contributed by atoms with Gasteiger partial charge in [0.25, 0.3) is 0 Å². The highest BCUT2D eigenvalue weighted by atomic mass is 32.2. The number of nitrogens with zero attached hydrogens (tertiary/aromatic N) is 1. The number of hydrogen-bond donors (Lipinski definition) is 2. The summed E-state index contributed by atoms with van der Waals surface area (Å²) in [5.74, 6) is -0.604. The minimum Gasteiger partial charge on any atom is -0.326 e. The zero-order valence-corrected chi connectivity index (χ0v) is 15.8. The van der Waals surface area contributed by atoms with Crippen molar-refractivity contribution in [2.45, 2.75) is 25.5 Å². The van der Waals surface area contributed by atoms with Gasteiger partial charge in [0.15, 0.2) is 11.0 Å². The molecule has 7 heteroatoms. The maximum Gasteiger partial charge on any atom is 0.240 e. The van der Waals surface area contributed by atoms with E-state index >= 15 is 0 Å². The lowest BCUT2D eigenvalue weighted by atomic mass is 10.1. The van der Waals surface area contributed by atoms with Crippen LogP contribution in [0.5, 0.6) is 0 Å². The van der Waals surface area contributed by atoms with Gasteiger partial charge in [-0.2, -0.15) is 0 Å². The Morgan fingerprint density at radius 3 is 2.63 bits per heavy atom.